The molecule has 0 saturated heterocycles. The molecule has 6 rings (SSSR count). The summed E-state index contributed by atoms with van der Waals surface area (Å²) in [7, 11) is -9.03. The highest BCUT2D eigenvalue weighted by Gasteiger charge is 2.37. The van der Waals surface area contributed by atoms with E-state index in [2.05, 4.69) is 12.1 Å². The van der Waals surface area contributed by atoms with Crippen LogP contribution in [0.25, 0.3) is 10.8 Å². The Bertz CT molecular complexity index is 1690. The quantitative estimate of drug-likeness (QED) is 0.204. The van der Waals surface area contributed by atoms with Crippen molar-refractivity contribution >= 4 is 31.0 Å². The van der Waals surface area contributed by atoms with Crippen LogP contribution in [0.15, 0.2) is 46.2 Å². The lowest BCUT2D eigenvalue weighted by Gasteiger charge is -2.28. The molecule has 3 aliphatic carbocycles. The molecular weight excluding hydrogens is 556 g/mol. The molecule has 0 aromatic heterocycles. The van der Waals surface area contributed by atoms with Crippen molar-refractivity contribution in [3.63, 3.8) is 0 Å². The maximum Gasteiger partial charge on any atom is 0.339 e. The van der Waals surface area contributed by atoms with E-state index < -0.39 is 20.2 Å². The molecule has 220 valence electrons. The van der Waals surface area contributed by atoms with E-state index >= 15 is 0 Å². The van der Waals surface area contributed by atoms with E-state index in [1.165, 1.54) is 6.07 Å². The van der Waals surface area contributed by atoms with Gasteiger partial charge in [0.25, 0.3) is 0 Å². The first-order valence-electron chi connectivity index (χ1n) is 15.2. The summed E-state index contributed by atoms with van der Waals surface area (Å²) in [5.74, 6) is 0.277. The molecule has 2 saturated carbocycles. The molecule has 8 heteroatoms. The summed E-state index contributed by atoms with van der Waals surface area (Å²) in [6.07, 6.45) is 10.5. The molecule has 0 amide bonds. The molecule has 2 fully saturated rings. The SMILES string of the molecule is CC(C)c1cc(S(=O)(=O)[O-])c2c(c1OS(=O)(=O)c1c(C3CCCC3)cc3ccccc3c1C1CCCC1)CCCC2. The highest BCUT2D eigenvalue weighted by Crippen LogP contribution is 2.48. The van der Waals surface area contributed by atoms with Gasteiger partial charge in [0, 0.05) is 11.1 Å². The number of hydrogen-bond acceptors (Lipinski definition) is 6. The molecule has 3 aromatic carbocycles. The van der Waals surface area contributed by atoms with Gasteiger partial charge in [0.05, 0.1) is 4.90 Å². The first-order chi connectivity index (χ1) is 19.6. The van der Waals surface area contributed by atoms with Crippen LogP contribution >= 0.6 is 0 Å². The van der Waals surface area contributed by atoms with E-state index in [4.69, 9.17) is 4.18 Å². The molecule has 0 atom stereocenters. The molecule has 0 N–H and O–H groups in total. The summed E-state index contributed by atoms with van der Waals surface area (Å²) in [5, 5.41) is 2.04. The Kier molecular flexibility index (Phi) is 7.70. The van der Waals surface area contributed by atoms with Crippen molar-refractivity contribution in [2.45, 2.75) is 118 Å². The summed E-state index contributed by atoms with van der Waals surface area (Å²) < 4.78 is 72.6. The van der Waals surface area contributed by atoms with Gasteiger partial charge in [-0.15, -0.1) is 0 Å². The van der Waals surface area contributed by atoms with Crippen molar-refractivity contribution in [1.82, 2.24) is 0 Å². The smallest absolute Gasteiger partial charge is 0.339 e. The average Bonchev–Trinajstić information content (AvgIpc) is 3.66. The molecule has 0 spiro atoms. The molecule has 41 heavy (non-hydrogen) atoms. The molecule has 3 aromatic rings. The van der Waals surface area contributed by atoms with Gasteiger partial charge >= 0.3 is 10.1 Å². The maximum atomic E-state index is 14.7. The third kappa shape index (κ3) is 5.32. The van der Waals surface area contributed by atoms with Crippen LogP contribution in [0.5, 0.6) is 5.75 Å². The zero-order chi connectivity index (χ0) is 28.9. The van der Waals surface area contributed by atoms with Crippen LogP contribution in [0.1, 0.15) is 124 Å². The van der Waals surface area contributed by atoms with Gasteiger partial charge in [0.2, 0.25) is 0 Å². The second-order valence-corrected chi connectivity index (χ2v) is 15.3. The van der Waals surface area contributed by atoms with E-state index in [0.29, 0.717) is 34.4 Å². The van der Waals surface area contributed by atoms with Crippen molar-refractivity contribution in [3.05, 3.63) is 64.2 Å². The van der Waals surface area contributed by atoms with Crippen LogP contribution in [-0.2, 0) is 33.1 Å². The largest absolute Gasteiger partial charge is 0.744 e. The fraction of sp³-hybridized carbons (Fsp3) is 0.515. The van der Waals surface area contributed by atoms with Gasteiger partial charge in [-0.05, 0) is 109 Å². The predicted molar refractivity (Wildman–Crippen MR) is 159 cm³/mol. The molecule has 0 aliphatic heterocycles. The van der Waals surface area contributed by atoms with Crippen LogP contribution in [0.3, 0.4) is 0 Å². The minimum atomic E-state index is -4.73. The van der Waals surface area contributed by atoms with Crippen molar-refractivity contribution in [2.75, 3.05) is 0 Å². The number of fused-ring (bicyclic) bond motifs is 2. The van der Waals surface area contributed by atoms with Gasteiger partial charge in [0.15, 0.2) is 0 Å². The third-order valence-electron chi connectivity index (χ3n) is 9.55. The highest BCUT2D eigenvalue weighted by atomic mass is 32.2. The van der Waals surface area contributed by atoms with Crippen molar-refractivity contribution < 1.29 is 25.6 Å². The van der Waals surface area contributed by atoms with Crippen molar-refractivity contribution in [1.29, 1.82) is 0 Å². The molecule has 6 nitrogen and oxygen atoms in total. The van der Waals surface area contributed by atoms with E-state index in [9.17, 15) is 21.4 Å². The fourth-order valence-corrected chi connectivity index (χ4v) is 9.97. The van der Waals surface area contributed by atoms with Crippen molar-refractivity contribution in [2.24, 2.45) is 0 Å². The zero-order valence-corrected chi connectivity index (χ0v) is 25.6. The standard InChI is InChI=1S/C33H40O6S2/c1-21(2)28-20-30(40(34,35)36)26-17-9-10-18-27(26)32(28)39-41(37,38)33-29(22-11-3-4-12-22)19-24-15-7-8-16-25(24)31(33)23-13-5-6-14-23/h7-8,15-16,19-23H,3-6,9-14,17-18H2,1-2H3,(H,34,35,36)/p-1. The van der Waals surface area contributed by atoms with Crippen LogP contribution in [0.2, 0.25) is 0 Å². The van der Waals surface area contributed by atoms with Crippen LogP contribution < -0.4 is 4.18 Å². The summed E-state index contributed by atoms with van der Waals surface area (Å²) in [6.45, 7) is 3.74. The van der Waals surface area contributed by atoms with Gasteiger partial charge in [-0.1, -0.05) is 63.8 Å². The average molecular weight is 596 g/mol. The second kappa shape index (κ2) is 11.0. The normalized spacial score (nSPS) is 18.8. The Balaban J connectivity index is 1.61. The minimum Gasteiger partial charge on any atom is -0.744 e. The van der Waals surface area contributed by atoms with Gasteiger partial charge in [-0.2, -0.15) is 8.42 Å². The van der Waals surface area contributed by atoms with E-state index in [-0.39, 0.29) is 28.4 Å². The highest BCUT2D eigenvalue weighted by molar-refractivity contribution is 7.87. The van der Waals surface area contributed by atoms with Crippen LogP contribution in [-0.4, -0.2) is 21.4 Å². The number of benzene rings is 3. The Hall–Kier alpha value is -2.42. The van der Waals surface area contributed by atoms with Gasteiger partial charge < -0.3 is 8.74 Å². The molecular formula is C33H39O6S2-. The predicted octanol–water partition coefficient (Wildman–Crippen LogP) is 7.83. The second-order valence-electron chi connectivity index (χ2n) is 12.5. The zero-order valence-electron chi connectivity index (χ0n) is 23.9. The van der Waals surface area contributed by atoms with E-state index in [1.54, 1.807) is 0 Å². The van der Waals surface area contributed by atoms with Gasteiger partial charge in [-0.25, -0.2) is 8.42 Å². The van der Waals surface area contributed by atoms with Crippen LogP contribution in [0.4, 0.5) is 0 Å². The summed E-state index contributed by atoms with van der Waals surface area (Å²) in [4.78, 5) is 0.0967. The van der Waals surface area contributed by atoms with Gasteiger partial charge in [0.1, 0.15) is 20.8 Å². The third-order valence-corrected chi connectivity index (χ3v) is 11.8. The van der Waals surface area contributed by atoms with E-state index in [1.807, 2.05) is 32.0 Å². The monoisotopic (exact) mass is 595 g/mol. The summed E-state index contributed by atoms with van der Waals surface area (Å²) >= 11 is 0. The van der Waals surface area contributed by atoms with Crippen molar-refractivity contribution in [3.8, 4) is 5.75 Å². The topological polar surface area (TPSA) is 101 Å². The summed E-state index contributed by atoms with van der Waals surface area (Å²) in [6, 6.07) is 11.6. The fourth-order valence-electron chi connectivity index (χ4n) is 7.62. The number of hydrogen-bond donors (Lipinski definition) is 0. The lowest BCUT2D eigenvalue weighted by atomic mass is 9.86. The summed E-state index contributed by atoms with van der Waals surface area (Å²) in [5.41, 5.74) is 3.19. The lowest BCUT2D eigenvalue weighted by molar-refractivity contribution is 0.457. The molecule has 3 aliphatic rings. The Morgan fingerprint density at radius 2 is 1.41 bits per heavy atom. The Labute approximate surface area is 244 Å². The van der Waals surface area contributed by atoms with Crippen LogP contribution in [0, 0.1) is 0 Å². The molecule has 0 unspecified atom stereocenters. The first-order valence-corrected chi connectivity index (χ1v) is 18.0. The Morgan fingerprint density at radius 3 is 2.05 bits per heavy atom. The van der Waals surface area contributed by atoms with E-state index in [0.717, 1.165) is 86.1 Å². The number of rotatable bonds is 7. The van der Waals surface area contributed by atoms with Gasteiger partial charge in [-0.3, -0.25) is 0 Å². The minimum absolute atomic E-state index is 0.140. The maximum absolute atomic E-state index is 14.7. The molecule has 0 radical (unpaired) electrons. The first kappa shape index (κ1) is 28.7. The lowest BCUT2D eigenvalue weighted by Crippen LogP contribution is -2.21. The molecule has 0 bridgehead atoms. The Morgan fingerprint density at radius 1 is 0.805 bits per heavy atom. The molecule has 0 heterocycles.